The van der Waals surface area contributed by atoms with Gasteiger partial charge in [-0.25, -0.2) is 13.4 Å². The van der Waals surface area contributed by atoms with Gasteiger partial charge >= 0.3 is 0 Å². The Hall–Kier alpha value is -1.37. The Morgan fingerprint density at radius 1 is 1.09 bits per heavy atom. The molecule has 0 N–H and O–H groups in total. The molecule has 3 aliphatic rings. The van der Waals surface area contributed by atoms with E-state index in [9.17, 15) is 13.2 Å². The zero-order valence-electron chi connectivity index (χ0n) is 13.3. The van der Waals surface area contributed by atoms with Crippen LogP contribution in [-0.4, -0.2) is 52.4 Å². The van der Waals surface area contributed by atoms with E-state index in [0.717, 1.165) is 50.9 Å². The summed E-state index contributed by atoms with van der Waals surface area (Å²) in [5, 5.41) is 0. The third kappa shape index (κ3) is 2.40. The van der Waals surface area contributed by atoms with E-state index in [2.05, 4.69) is 9.55 Å². The van der Waals surface area contributed by atoms with Crippen molar-refractivity contribution in [2.75, 3.05) is 18.8 Å². The highest BCUT2D eigenvalue weighted by Crippen LogP contribution is 2.44. The summed E-state index contributed by atoms with van der Waals surface area (Å²) in [7, 11) is -3.09. The molecule has 1 saturated heterocycles. The van der Waals surface area contributed by atoms with Crippen LogP contribution in [0.5, 0.6) is 0 Å². The quantitative estimate of drug-likeness (QED) is 0.776. The maximum Gasteiger partial charge on any atom is 0.274 e. The van der Waals surface area contributed by atoms with Crippen molar-refractivity contribution >= 4 is 15.7 Å². The summed E-state index contributed by atoms with van der Waals surface area (Å²) in [5.74, 6) is 0.961. The van der Waals surface area contributed by atoms with Gasteiger partial charge in [-0.1, -0.05) is 6.42 Å². The number of carbonyl (C=O) groups excluding carboxylic acids is 1. The first-order chi connectivity index (χ1) is 11.0. The average molecular weight is 337 g/mol. The van der Waals surface area contributed by atoms with Crippen molar-refractivity contribution in [3.05, 3.63) is 17.7 Å². The number of hydrogen-bond acceptors (Lipinski definition) is 4. The van der Waals surface area contributed by atoms with E-state index in [0.29, 0.717) is 25.2 Å². The van der Waals surface area contributed by atoms with Crippen molar-refractivity contribution < 1.29 is 13.2 Å². The van der Waals surface area contributed by atoms with Crippen LogP contribution >= 0.6 is 0 Å². The van der Waals surface area contributed by atoms with Crippen LogP contribution in [0.3, 0.4) is 0 Å². The number of nitrogens with zero attached hydrogens (tertiary/aromatic N) is 3. The molecule has 0 aromatic carbocycles. The van der Waals surface area contributed by atoms with Crippen molar-refractivity contribution in [2.24, 2.45) is 0 Å². The molecule has 4 rings (SSSR count). The van der Waals surface area contributed by atoms with Gasteiger partial charge in [-0.05, 0) is 32.1 Å². The van der Waals surface area contributed by atoms with E-state index in [-0.39, 0.29) is 11.7 Å². The molecule has 2 fully saturated rings. The molecule has 1 saturated carbocycles. The maximum absolute atomic E-state index is 12.8. The SMILES string of the molecule is O=C(c1cn2c(n1)CCCC2)N1CCC2(CCC2)S(=O)(=O)CC1. The van der Waals surface area contributed by atoms with E-state index in [1.54, 1.807) is 4.90 Å². The zero-order chi connectivity index (χ0) is 16.1. The Kier molecular flexibility index (Phi) is 3.51. The fourth-order valence-corrected chi connectivity index (χ4v) is 6.27. The maximum atomic E-state index is 12.8. The van der Waals surface area contributed by atoms with Crippen LogP contribution in [0.1, 0.15) is 54.8 Å². The molecule has 1 aromatic heterocycles. The number of amides is 1. The van der Waals surface area contributed by atoms with Gasteiger partial charge in [0.05, 0.1) is 10.5 Å². The number of sulfone groups is 1. The van der Waals surface area contributed by atoms with Crippen LogP contribution in [0.25, 0.3) is 0 Å². The highest BCUT2D eigenvalue weighted by Gasteiger charge is 2.50. The van der Waals surface area contributed by atoms with E-state index < -0.39 is 14.6 Å². The molecular formula is C16H23N3O3S. The summed E-state index contributed by atoms with van der Waals surface area (Å²) in [5.41, 5.74) is 0.476. The summed E-state index contributed by atoms with van der Waals surface area (Å²) in [6, 6.07) is 0. The van der Waals surface area contributed by atoms with Gasteiger partial charge in [0.25, 0.3) is 5.91 Å². The van der Waals surface area contributed by atoms with Crippen molar-refractivity contribution in [1.29, 1.82) is 0 Å². The second-order valence-electron chi connectivity index (χ2n) is 7.09. The molecule has 3 heterocycles. The van der Waals surface area contributed by atoms with Crippen molar-refractivity contribution in [3.8, 4) is 0 Å². The normalized spacial score (nSPS) is 25.5. The van der Waals surface area contributed by atoms with Crippen molar-refractivity contribution in [2.45, 2.75) is 56.2 Å². The summed E-state index contributed by atoms with van der Waals surface area (Å²) < 4.78 is 26.5. The number of aromatic nitrogens is 2. The summed E-state index contributed by atoms with van der Waals surface area (Å²) in [4.78, 5) is 18.9. The van der Waals surface area contributed by atoms with Crippen LogP contribution in [-0.2, 0) is 22.8 Å². The molecule has 7 heteroatoms. The van der Waals surface area contributed by atoms with Crippen LogP contribution in [0.4, 0.5) is 0 Å². The molecule has 0 radical (unpaired) electrons. The molecule has 1 aliphatic carbocycles. The van der Waals surface area contributed by atoms with E-state index in [4.69, 9.17) is 0 Å². The lowest BCUT2D eigenvalue weighted by Gasteiger charge is -2.39. The molecule has 1 spiro atoms. The highest BCUT2D eigenvalue weighted by atomic mass is 32.2. The molecule has 0 atom stereocenters. The number of rotatable bonds is 1. The third-order valence-electron chi connectivity index (χ3n) is 5.81. The summed E-state index contributed by atoms with van der Waals surface area (Å²) in [6.45, 7) is 1.75. The molecule has 6 nitrogen and oxygen atoms in total. The molecule has 0 bridgehead atoms. The van der Waals surface area contributed by atoms with Gasteiger partial charge in [-0.3, -0.25) is 4.79 Å². The lowest BCUT2D eigenvalue weighted by atomic mass is 9.81. The Bertz CT molecular complexity index is 710. The van der Waals surface area contributed by atoms with Gasteiger partial charge < -0.3 is 9.47 Å². The van der Waals surface area contributed by atoms with Crippen LogP contribution < -0.4 is 0 Å². The Morgan fingerprint density at radius 3 is 2.61 bits per heavy atom. The van der Waals surface area contributed by atoms with Gasteiger partial charge in [0.15, 0.2) is 9.84 Å². The van der Waals surface area contributed by atoms with Gasteiger partial charge in [-0.2, -0.15) is 0 Å². The second kappa shape index (κ2) is 5.33. The number of hydrogen-bond donors (Lipinski definition) is 0. The molecular weight excluding hydrogens is 314 g/mol. The molecule has 1 amide bonds. The zero-order valence-corrected chi connectivity index (χ0v) is 14.1. The number of imidazole rings is 1. The smallest absolute Gasteiger partial charge is 0.274 e. The number of fused-ring (bicyclic) bond motifs is 1. The first-order valence-electron chi connectivity index (χ1n) is 8.58. The van der Waals surface area contributed by atoms with E-state index in [1.165, 1.54) is 0 Å². The molecule has 126 valence electrons. The van der Waals surface area contributed by atoms with Crippen molar-refractivity contribution in [1.82, 2.24) is 14.5 Å². The standard InChI is InChI=1S/C16H23N3O3S/c20-15(13-12-19-8-2-1-4-14(19)17-13)18-9-7-16(5-3-6-16)23(21,22)11-10-18/h12H,1-11H2. The van der Waals surface area contributed by atoms with Gasteiger partial charge in [0, 0.05) is 32.3 Å². The minimum Gasteiger partial charge on any atom is -0.336 e. The average Bonchev–Trinajstić information content (AvgIpc) is 2.85. The molecule has 2 aliphatic heterocycles. The predicted octanol–water partition coefficient (Wildman–Crippen LogP) is 1.40. The monoisotopic (exact) mass is 337 g/mol. The van der Waals surface area contributed by atoms with Crippen molar-refractivity contribution in [3.63, 3.8) is 0 Å². The lowest BCUT2D eigenvalue weighted by molar-refractivity contribution is 0.0753. The van der Waals surface area contributed by atoms with Gasteiger partial charge in [0.1, 0.15) is 11.5 Å². The molecule has 23 heavy (non-hydrogen) atoms. The fourth-order valence-electron chi connectivity index (χ4n) is 4.07. The Morgan fingerprint density at radius 2 is 1.91 bits per heavy atom. The van der Waals surface area contributed by atoms with Crippen LogP contribution in [0.2, 0.25) is 0 Å². The van der Waals surface area contributed by atoms with Crippen LogP contribution in [0.15, 0.2) is 6.20 Å². The Labute approximate surface area is 136 Å². The summed E-state index contributed by atoms with van der Waals surface area (Å²) >= 11 is 0. The van der Waals surface area contributed by atoms with E-state index >= 15 is 0 Å². The number of carbonyl (C=O) groups is 1. The predicted molar refractivity (Wildman–Crippen MR) is 86.1 cm³/mol. The largest absolute Gasteiger partial charge is 0.336 e. The first-order valence-corrected chi connectivity index (χ1v) is 10.2. The Balaban J connectivity index is 1.54. The van der Waals surface area contributed by atoms with Crippen LogP contribution in [0, 0.1) is 0 Å². The number of aryl methyl sites for hydroxylation is 2. The highest BCUT2D eigenvalue weighted by molar-refractivity contribution is 7.92. The topological polar surface area (TPSA) is 72.3 Å². The first kappa shape index (κ1) is 15.2. The molecule has 0 unspecified atom stereocenters. The molecule has 1 aromatic rings. The minimum atomic E-state index is -3.09. The second-order valence-corrected chi connectivity index (χ2v) is 9.59. The fraction of sp³-hybridized carbons (Fsp3) is 0.750. The summed E-state index contributed by atoms with van der Waals surface area (Å²) in [6.07, 6.45) is 8.10. The third-order valence-corrected chi connectivity index (χ3v) is 8.46. The lowest BCUT2D eigenvalue weighted by Crippen LogP contribution is -2.46. The minimum absolute atomic E-state index is 0.0896. The van der Waals surface area contributed by atoms with E-state index in [1.807, 2.05) is 6.20 Å². The van der Waals surface area contributed by atoms with Gasteiger partial charge in [-0.15, -0.1) is 0 Å². The van der Waals surface area contributed by atoms with Gasteiger partial charge in [0.2, 0.25) is 0 Å².